The Balaban J connectivity index is 2.46. The Morgan fingerprint density at radius 2 is 2.15 bits per heavy atom. The second kappa shape index (κ2) is 6.57. The van der Waals surface area contributed by atoms with E-state index in [9.17, 15) is 0 Å². The predicted molar refractivity (Wildman–Crippen MR) is 81.1 cm³/mol. The van der Waals surface area contributed by atoms with Gasteiger partial charge in [0.15, 0.2) is 0 Å². The molecule has 1 aromatic carbocycles. The number of nitrogens with one attached hydrogen (secondary N) is 1. The number of nitrogens with zero attached hydrogens (tertiary/aromatic N) is 2. The fraction of sp³-hybridized carbons (Fsp3) is 0.438. The molecular formula is C16H23N3O. The number of ether oxygens (including phenoxy) is 1. The van der Waals surface area contributed by atoms with Gasteiger partial charge in [-0.1, -0.05) is 24.6 Å². The van der Waals surface area contributed by atoms with Gasteiger partial charge in [0.25, 0.3) is 0 Å². The molecule has 0 aliphatic carbocycles. The molecule has 0 saturated heterocycles. The average molecular weight is 273 g/mol. The number of hydrogen-bond donors (Lipinski definition) is 1. The summed E-state index contributed by atoms with van der Waals surface area (Å²) < 4.78 is 7.44. The van der Waals surface area contributed by atoms with Crippen molar-refractivity contribution in [3.63, 3.8) is 0 Å². The topological polar surface area (TPSA) is 39.1 Å². The maximum Gasteiger partial charge on any atom is 0.124 e. The highest BCUT2D eigenvalue weighted by Crippen LogP contribution is 2.30. The molecule has 1 N–H and O–H groups in total. The summed E-state index contributed by atoms with van der Waals surface area (Å²) in [6.45, 7) is 5.22. The Morgan fingerprint density at radius 3 is 2.75 bits per heavy atom. The predicted octanol–water partition coefficient (Wildman–Crippen LogP) is 2.83. The summed E-state index contributed by atoms with van der Waals surface area (Å²) in [5.41, 5.74) is 3.53. The molecule has 1 aromatic heterocycles. The van der Waals surface area contributed by atoms with Gasteiger partial charge in [-0.2, -0.15) is 5.10 Å². The van der Waals surface area contributed by atoms with Gasteiger partial charge in [0.1, 0.15) is 5.75 Å². The second-order valence-electron chi connectivity index (χ2n) is 5.01. The zero-order chi connectivity index (χ0) is 14.5. The molecule has 4 heteroatoms. The second-order valence-corrected chi connectivity index (χ2v) is 5.01. The zero-order valence-electron chi connectivity index (χ0n) is 12.7. The molecule has 0 radical (unpaired) electrons. The van der Waals surface area contributed by atoms with Crippen LogP contribution in [-0.2, 0) is 7.05 Å². The zero-order valence-corrected chi connectivity index (χ0v) is 12.7. The molecule has 0 amide bonds. The molecule has 1 unspecified atom stereocenters. The summed E-state index contributed by atoms with van der Waals surface area (Å²) in [5, 5.41) is 7.87. The first-order valence-electron chi connectivity index (χ1n) is 7.03. The SMILES string of the molecule is CCCNC(c1cc(C)ccc1OC)c1ccnn1C. The Bertz CT molecular complexity index is 563. The van der Waals surface area contributed by atoms with Crippen LogP contribution in [-0.4, -0.2) is 23.4 Å². The van der Waals surface area contributed by atoms with Gasteiger partial charge in [0.2, 0.25) is 0 Å². The molecule has 2 rings (SSSR count). The number of aromatic nitrogens is 2. The summed E-state index contributed by atoms with van der Waals surface area (Å²) >= 11 is 0. The summed E-state index contributed by atoms with van der Waals surface area (Å²) in [6, 6.07) is 8.43. The van der Waals surface area contributed by atoms with E-state index in [2.05, 4.69) is 42.5 Å². The van der Waals surface area contributed by atoms with Gasteiger partial charge in [-0.05, 0) is 32.0 Å². The molecule has 108 valence electrons. The van der Waals surface area contributed by atoms with Crippen molar-refractivity contribution in [3.8, 4) is 5.75 Å². The molecular weight excluding hydrogens is 250 g/mol. The van der Waals surface area contributed by atoms with Crippen LogP contribution in [0.4, 0.5) is 0 Å². The van der Waals surface area contributed by atoms with Crippen molar-refractivity contribution in [1.82, 2.24) is 15.1 Å². The summed E-state index contributed by atoms with van der Waals surface area (Å²) in [7, 11) is 3.69. The largest absolute Gasteiger partial charge is 0.496 e. The van der Waals surface area contributed by atoms with Gasteiger partial charge in [0, 0.05) is 18.8 Å². The minimum atomic E-state index is 0.0947. The molecule has 1 heterocycles. The summed E-state index contributed by atoms with van der Waals surface area (Å²) in [5.74, 6) is 0.908. The van der Waals surface area contributed by atoms with Crippen LogP contribution >= 0.6 is 0 Å². The number of benzene rings is 1. The Labute approximate surface area is 120 Å². The van der Waals surface area contributed by atoms with Crippen molar-refractivity contribution in [1.29, 1.82) is 0 Å². The highest BCUT2D eigenvalue weighted by Gasteiger charge is 2.20. The first-order valence-corrected chi connectivity index (χ1v) is 7.03. The van der Waals surface area contributed by atoms with E-state index < -0.39 is 0 Å². The molecule has 1 atom stereocenters. The lowest BCUT2D eigenvalue weighted by atomic mass is 10.00. The first-order chi connectivity index (χ1) is 9.67. The van der Waals surface area contributed by atoms with E-state index in [1.807, 2.05) is 24.0 Å². The highest BCUT2D eigenvalue weighted by atomic mass is 16.5. The van der Waals surface area contributed by atoms with Gasteiger partial charge in [-0.3, -0.25) is 4.68 Å². The number of aryl methyl sites for hydroxylation is 2. The van der Waals surface area contributed by atoms with Crippen LogP contribution in [0.2, 0.25) is 0 Å². The van der Waals surface area contributed by atoms with E-state index in [0.717, 1.165) is 30.0 Å². The van der Waals surface area contributed by atoms with E-state index in [4.69, 9.17) is 4.74 Å². The summed E-state index contributed by atoms with van der Waals surface area (Å²) in [6.07, 6.45) is 2.92. The maximum absolute atomic E-state index is 5.53. The molecule has 0 aliphatic heterocycles. The van der Waals surface area contributed by atoms with E-state index in [-0.39, 0.29) is 6.04 Å². The van der Waals surface area contributed by atoms with Crippen LogP contribution in [0.15, 0.2) is 30.5 Å². The van der Waals surface area contributed by atoms with E-state index in [1.165, 1.54) is 5.56 Å². The van der Waals surface area contributed by atoms with Crippen molar-refractivity contribution >= 4 is 0 Å². The summed E-state index contributed by atoms with van der Waals surface area (Å²) in [4.78, 5) is 0. The van der Waals surface area contributed by atoms with E-state index >= 15 is 0 Å². The monoisotopic (exact) mass is 273 g/mol. The van der Waals surface area contributed by atoms with Crippen LogP contribution < -0.4 is 10.1 Å². The molecule has 0 fully saturated rings. The molecule has 4 nitrogen and oxygen atoms in total. The highest BCUT2D eigenvalue weighted by molar-refractivity contribution is 5.42. The van der Waals surface area contributed by atoms with Crippen molar-refractivity contribution in [2.45, 2.75) is 26.3 Å². The van der Waals surface area contributed by atoms with Crippen LogP contribution in [0.1, 0.15) is 36.2 Å². The third kappa shape index (κ3) is 3.02. The van der Waals surface area contributed by atoms with Crippen LogP contribution in [0.3, 0.4) is 0 Å². The standard InChI is InChI=1S/C16H23N3O/c1-5-9-17-16(14-8-10-18-19(14)3)13-11-12(2)6-7-15(13)20-4/h6-8,10-11,16-17H,5,9H2,1-4H3. The van der Waals surface area contributed by atoms with E-state index in [1.54, 1.807) is 7.11 Å². The minimum Gasteiger partial charge on any atom is -0.496 e. The third-order valence-corrected chi connectivity index (χ3v) is 3.45. The van der Waals surface area contributed by atoms with Gasteiger partial charge < -0.3 is 10.1 Å². The van der Waals surface area contributed by atoms with Crippen LogP contribution in [0, 0.1) is 6.92 Å². The van der Waals surface area contributed by atoms with Gasteiger partial charge in [0.05, 0.1) is 18.8 Å². The smallest absolute Gasteiger partial charge is 0.124 e. The normalized spacial score (nSPS) is 12.4. The fourth-order valence-corrected chi connectivity index (χ4v) is 2.41. The van der Waals surface area contributed by atoms with Gasteiger partial charge in [-0.15, -0.1) is 0 Å². The average Bonchev–Trinajstić information content (AvgIpc) is 2.86. The van der Waals surface area contributed by atoms with Crippen molar-refractivity contribution in [3.05, 3.63) is 47.3 Å². The Kier molecular flexibility index (Phi) is 4.79. The molecule has 20 heavy (non-hydrogen) atoms. The van der Waals surface area contributed by atoms with Crippen molar-refractivity contribution < 1.29 is 4.74 Å². The first kappa shape index (κ1) is 14.6. The third-order valence-electron chi connectivity index (χ3n) is 3.45. The molecule has 0 spiro atoms. The molecule has 0 bridgehead atoms. The Morgan fingerprint density at radius 1 is 1.35 bits per heavy atom. The quantitative estimate of drug-likeness (QED) is 0.879. The minimum absolute atomic E-state index is 0.0947. The van der Waals surface area contributed by atoms with Crippen molar-refractivity contribution in [2.75, 3.05) is 13.7 Å². The number of rotatable bonds is 6. The van der Waals surface area contributed by atoms with Crippen LogP contribution in [0.5, 0.6) is 5.75 Å². The molecule has 0 saturated carbocycles. The number of hydrogen-bond acceptors (Lipinski definition) is 3. The Hall–Kier alpha value is -1.81. The maximum atomic E-state index is 5.53. The molecule has 2 aromatic rings. The van der Waals surface area contributed by atoms with Crippen LogP contribution in [0.25, 0.3) is 0 Å². The van der Waals surface area contributed by atoms with Crippen molar-refractivity contribution in [2.24, 2.45) is 7.05 Å². The van der Waals surface area contributed by atoms with E-state index in [0.29, 0.717) is 0 Å². The van der Waals surface area contributed by atoms with Gasteiger partial charge in [-0.25, -0.2) is 0 Å². The number of methoxy groups -OCH3 is 1. The van der Waals surface area contributed by atoms with Gasteiger partial charge >= 0.3 is 0 Å². The fourth-order valence-electron chi connectivity index (χ4n) is 2.41. The lowest BCUT2D eigenvalue weighted by Crippen LogP contribution is -2.25. The lowest BCUT2D eigenvalue weighted by Gasteiger charge is -2.22. The lowest BCUT2D eigenvalue weighted by molar-refractivity contribution is 0.402. The molecule has 0 aliphatic rings.